The van der Waals surface area contributed by atoms with E-state index in [0.29, 0.717) is 17.3 Å². The quantitative estimate of drug-likeness (QED) is 0.728. The molecule has 2 aromatic rings. The van der Waals surface area contributed by atoms with Gasteiger partial charge in [-0.1, -0.05) is 18.2 Å². The average Bonchev–Trinajstić information content (AvgIpc) is 2.43. The van der Waals surface area contributed by atoms with Crippen molar-refractivity contribution < 1.29 is 13.9 Å². The highest BCUT2D eigenvalue weighted by atomic mass is 35.5. The Morgan fingerprint density at radius 1 is 1.15 bits per heavy atom. The maximum atomic E-state index is 12.8. The van der Waals surface area contributed by atoms with E-state index in [1.54, 1.807) is 12.1 Å². The van der Waals surface area contributed by atoms with Crippen LogP contribution < -0.4 is 4.74 Å². The van der Waals surface area contributed by atoms with Crippen molar-refractivity contribution in [3.63, 3.8) is 0 Å². The summed E-state index contributed by atoms with van der Waals surface area (Å²) in [7, 11) is 0. The van der Waals surface area contributed by atoms with Crippen LogP contribution in [-0.4, -0.2) is 11.0 Å². The molecule has 5 heteroatoms. The maximum absolute atomic E-state index is 12.8. The van der Waals surface area contributed by atoms with E-state index in [9.17, 15) is 9.18 Å². The molecule has 0 heterocycles. The second kappa shape index (κ2) is 7.31. The fourth-order valence-electron chi connectivity index (χ4n) is 1.59. The number of ether oxygens (including phenoxy) is 1. The Morgan fingerprint density at radius 3 is 2.55 bits per heavy atom. The fraction of sp³-hybridized carbons (Fsp3) is 0.133. The third-order valence-corrected chi connectivity index (χ3v) is 3.76. The zero-order valence-electron chi connectivity index (χ0n) is 10.5. The van der Waals surface area contributed by atoms with Gasteiger partial charge in [-0.05, 0) is 41.9 Å². The van der Waals surface area contributed by atoms with E-state index >= 15 is 0 Å². The average molecular weight is 311 g/mol. The van der Waals surface area contributed by atoms with Crippen molar-refractivity contribution >= 4 is 28.6 Å². The van der Waals surface area contributed by atoms with Gasteiger partial charge in [-0.25, -0.2) is 4.39 Å². The molecule has 0 aliphatic carbocycles. The lowest BCUT2D eigenvalue weighted by Crippen LogP contribution is -1.94. The number of hydrogen-bond acceptors (Lipinski definition) is 3. The summed E-state index contributed by atoms with van der Waals surface area (Å²) in [6.07, 6.45) is 0. The second-order valence-electron chi connectivity index (χ2n) is 4.01. The number of hydrogen-bond donors (Lipinski definition) is 0. The lowest BCUT2D eigenvalue weighted by atomic mass is 10.2. The number of thioether (sulfide) groups is 1. The van der Waals surface area contributed by atoms with Gasteiger partial charge in [0.2, 0.25) is 5.24 Å². The van der Waals surface area contributed by atoms with E-state index < -0.39 is 0 Å². The fourth-order valence-corrected chi connectivity index (χ4v) is 2.55. The first kappa shape index (κ1) is 14.9. The van der Waals surface area contributed by atoms with Crippen molar-refractivity contribution in [2.45, 2.75) is 5.75 Å². The molecular formula is C15H12ClFO2S. The Labute approximate surface area is 125 Å². The SMILES string of the molecule is O=C(Cl)CSCc1ccccc1Oc1ccc(F)cc1. The van der Waals surface area contributed by atoms with Crippen molar-refractivity contribution in [1.82, 2.24) is 0 Å². The van der Waals surface area contributed by atoms with E-state index in [1.165, 1.54) is 23.9 Å². The van der Waals surface area contributed by atoms with Crippen LogP contribution in [-0.2, 0) is 10.5 Å². The third-order valence-electron chi connectivity index (χ3n) is 2.49. The molecule has 2 rings (SSSR count). The molecule has 0 spiro atoms. The van der Waals surface area contributed by atoms with Crippen molar-refractivity contribution in [1.29, 1.82) is 0 Å². The number of halogens is 2. The molecule has 2 nitrogen and oxygen atoms in total. The molecule has 0 atom stereocenters. The van der Waals surface area contributed by atoms with Crippen LogP contribution in [0.5, 0.6) is 11.5 Å². The Morgan fingerprint density at radius 2 is 1.85 bits per heavy atom. The second-order valence-corrected chi connectivity index (χ2v) is 5.42. The third kappa shape index (κ3) is 4.54. The minimum absolute atomic E-state index is 0.256. The normalized spacial score (nSPS) is 10.3. The predicted molar refractivity (Wildman–Crippen MR) is 79.9 cm³/mol. The molecule has 0 aromatic heterocycles. The molecule has 0 saturated heterocycles. The van der Waals surface area contributed by atoms with Gasteiger partial charge in [0, 0.05) is 11.3 Å². The molecular weight excluding hydrogens is 299 g/mol. The Balaban J connectivity index is 2.07. The van der Waals surface area contributed by atoms with Crippen molar-refractivity contribution in [3.05, 3.63) is 59.9 Å². The number of rotatable bonds is 6. The summed E-state index contributed by atoms with van der Waals surface area (Å²) in [5.41, 5.74) is 0.958. The zero-order valence-corrected chi connectivity index (χ0v) is 12.1. The number of carbonyl (C=O) groups excluding carboxylic acids is 1. The topological polar surface area (TPSA) is 26.3 Å². The minimum atomic E-state index is -0.369. The molecule has 0 saturated carbocycles. The summed E-state index contributed by atoms with van der Waals surface area (Å²) < 4.78 is 18.6. The summed E-state index contributed by atoms with van der Waals surface area (Å²) in [6, 6.07) is 13.3. The lowest BCUT2D eigenvalue weighted by Gasteiger charge is -2.10. The first-order valence-electron chi connectivity index (χ1n) is 5.92. The largest absolute Gasteiger partial charge is 0.457 e. The van der Waals surface area contributed by atoms with Crippen LogP contribution in [0.1, 0.15) is 5.56 Å². The molecule has 0 aliphatic heterocycles. The van der Waals surface area contributed by atoms with Gasteiger partial charge in [0.1, 0.15) is 17.3 Å². The molecule has 0 N–H and O–H groups in total. The standard InChI is InChI=1S/C15H12ClFO2S/c16-15(18)10-20-9-11-3-1-2-4-14(11)19-13-7-5-12(17)6-8-13/h1-8H,9-10H2. The van der Waals surface area contributed by atoms with Crippen molar-refractivity contribution in [2.75, 3.05) is 5.75 Å². The van der Waals surface area contributed by atoms with Crippen molar-refractivity contribution in [2.24, 2.45) is 0 Å². The van der Waals surface area contributed by atoms with E-state index in [4.69, 9.17) is 16.3 Å². The van der Waals surface area contributed by atoms with E-state index in [1.807, 2.05) is 24.3 Å². The summed E-state index contributed by atoms with van der Waals surface area (Å²) >= 11 is 6.72. The summed E-state index contributed by atoms with van der Waals surface area (Å²) in [6.45, 7) is 0. The van der Waals surface area contributed by atoms with Gasteiger partial charge in [0.15, 0.2) is 0 Å². The van der Waals surface area contributed by atoms with Gasteiger partial charge in [-0.3, -0.25) is 4.79 Å². The maximum Gasteiger partial charge on any atom is 0.231 e. The predicted octanol–water partition coefficient (Wildman–Crippen LogP) is 4.62. The van der Waals surface area contributed by atoms with Crippen LogP contribution in [0.4, 0.5) is 4.39 Å². The van der Waals surface area contributed by atoms with Gasteiger partial charge >= 0.3 is 0 Å². The Hall–Kier alpha value is -1.52. The molecule has 104 valence electrons. The van der Waals surface area contributed by atoms with Gasteiger partial charge in [0.05, 0.1) is 5.75 Å². The highest BCUT2D eigenvalue weighted by Gasteiger charge is 2.06. The molecule has 0 unspecified atom stereocenters. The molecule has 0 amide bonds. The van der Waals surface area contributed by atoms with Crippen LogP contribution >= 0.6 is 23.4 Å². The molecule has 0 aliphatic rings. The van der Waals surface area contributed by atoms with Gasteiger partial charge in [0.25, 0.3) is 0 Å². The van der Waals surface area contributed by atoms with Gasteiger partial charge in [-0.2, -0.15) is 0 Å². The molecule has 0 fully saturated rings. The summed E-state index contributed by atoms with van der Waals surface area (Å²) in [5.74, 6) is 1.83. The van der Waals surface area contributed by atoms with Gasteiger partial charge in [-0.15, -0.1) is 11.8 Å². The summed E-state index contributed by atoms with van der Waals surface area (Å²) in [4.78, 5) is 10.7. The van der Waals surface area contributed by atoms with Crippen LogP contribution in [0, 0.1) is 5.82 Å². The summed E-state index contributed by atoms with van der Waals surface area (Å²) in [5, 5.41) is -0.369. The first-order chi connectivity index (χ1) is 9.65. The van der Waals surface area contributed by atoms with Crippen molar-refractivity contribution in [3.8, 4) is 11.5 Å². The highest BCUT2D eigenvalue weighted by Crippen LogP contribution is 2.28. The molecule has 20 heavy (non-hydrogen) atoms. The molecule has 0 radical (unpaired) electrons. The highest BCUT2D eigenvalue weighted by molar-refractivity contribution is 7.99. The number of carbonyl (C=O) groups is 1. The minimum Gasteiger partial charge on any atom is -0.457 e. The van der Waals surface area contributed by atoms with Crippen LogP contribution in [0.15, 0.2) is 48.5 Å². The van der Waals surface area contributed by atoms with Crippen LogP contribution in [0.2, 0.25) is 0 Å². The van der Waals surface area contributed by atoms with E-state index in [2.05, 4.69) is 0 Å². The first-order valence-corrected chi connectivity index (χ1v) is 7.46. The zero-order chi connectivity index (χ0) is 14.4. The molecule has 2 aromatic carbocycles. The monoisotopic (exact) mass is 310 g/mol. The van der Waals surface area contributed by atoms with Crippen LogP contribution in [0.25, 0.3) is 0 Å². The van der Waals surface area contributed by atoms with E-state index in [-0.39, 0.29) is 16.8 Å². The number of benzene rings is 2. The molecule has 0 bridgehead atoms. The lowest BCUT2D eigenvalue weighted by molar-refractivity contribution is -0.109. The smallest absolute Gasteiger partial charge is 0.231 e. The number of para-hydroxylation sites is 1. The Kier molecular flexibility index (Phi) is 5.44. The van der Waals surface area contributed by atoms with Crippen LogP contribution in [0.3, 0.4) is 0 Å². The van der Waals surface area contributed by atoms with E-state index in [0.717, 1.165) is 5.56 Å². The van der Waals surface area contributed by atoms with Gasteiger partial charge < -0.3 is 4.74 Å². The Bertz CT molecular complexity index is 587.